The molecule has 0 atom stereocenters. The summed E-state index contributed by atoms with van der Waals surface area (Å²) in [7, 11) is -4.14. The van der Waals surface area contributed by atoms with Crippen molar-refractivity contribution in [1.82, 2.24) is 10.2 Å². The molecule has 0 fully saturated rings. The zero-order chi connectivity index (χ0) is 14.9. The average molecular weight is 337 g/mol. The largest absolute Gasteiger partial charge is 0.326 e. The molecule has 6 nitrogen and oxygen atoms in total. The summed E-state index contributed by atoms with van der Waals surface area (Å²) in [5.74, 6) is -0.925. The third-order valence-corrected chi connectivity index (χ3v) is 4.78. The zero-order valence-corrected chi connectivity index (χ0v) is 12.6. The third-order valence-electron chi connectivity index (χ3n) is 2.34. The number of hydrogen-bond donors (Lipinski definition) is 2. The lowest BCUT2D eigenvalue weighted by Crippen LogP contribution is -2.16. The second-order valence-corrected chi connectivity index (χ2v) is 7.08. The van der Waals surface area contributed by atoms with Crippen LogP contribution in [-0.2, 0) is 16.6 Å². The molecule has 0 bridgehead atoms. The molecule has 20 heavy (non-hydrogen) atoms. The smallest absolute Gasteiger partial charge is 0.266 e. The molecule has 1 aromatic heterocycles. The minimum absolute atomic E-state index is 0.0197. The fourth-order valence-electron chi connectivity index (χ4n) is 1.47. The maximum atomic E-state index is 14.1. The molecule has 0 aliphatic carbocycles. The van der Waals surface area contributed by atoms with Crippen LogP contribution >= 0.6 is 22.9 Å². The van der Waals surface area contributed by atoms with Crippen molar-refractivity contribution >= 4 is 38.1 Å². The standard InChI is InChI=1S/C10H10ClFN4O2S2/c1-5-14-15-10(19-5)16-20(17,18)8-3-7(11)2-6(4-13)9(8)12/h2-3H,4,13H2,1H3,(H,15,16). The van der Waals surface area contributed by atoms with Crippen LogP contribution in [0.25, 0.3) is 0 Å². The minimum atomic E-state index is -4.14. The number of nitrogens with two attached hydrogens (primary N) is 1. The van der Waals surface area contributed by atoms with E-state index in [4.69, 9.17) is 17.3 Å². The van der Waals surface area contributed by atoms with E-state index in [2.05, 4.69) is 14.9 Å². The van der Waals surface area contributed by atoms with Gasteiger partial charge in [0.1, 0.15) is 15.7 Å². The van der Waals surface area contributed by atoms with E-state index in [-0.39, 0.29) is 22.3 Å². The molecule has 108 valence electrons. The lowest BCUT2D eigenvalue weighted by atomic mass is 10.2. The van der Waals surface area contributed by atoms with Crippen LogP contribution in [0, 0.1) is 12.7 Å². The molecule has 0 saturated carbocycles. The second-order valence-electron chi connectivity index (χ2n) is 3.81. The van der Waals surface area contributed by atoms with Crippen LogP contribution in [0.15, 0.2) is 17.0 Å². The van der Waals surface area contributed by atoms with Crippen molar-refractivity contribution in [3.05, 3.63) is 33.5 Å². The van der Waals surface area contributed by atoms with Crippen LogP contribution < -0.4 is 10.5 Å². The number of hydrogen-bond acceptors (Lipinski definition) is 6. The van der Waals surface area contributed by atoms with Gasteiger partial charge in [-0.05, 0) is 19.1 Å². The number of aryl methyl sites for hydroxylation is 1. The summed E-state index contributed by atoms with van der Waals surface area (Å²) >= 11 is 6.81. The Balaban J connectivity index is 2.46. The number of anilines is 1. The van der Waals surface area contributed by atoms with Gasteiger partial charge in [0.15, 0.2) is 0 Å². The summed E-state index contributed by atoms with van der Waals surface area (Å²) in [6.07, 6.45) is 0. The molecule has 10 heteroatoms. The summed E-state index contributed by atoms with van der Waals surface area (Å²) < 4.78 is 40.5. The van der Waals surface area contributed by atoms with E-state index >= 15 is 0 Å². The highest BCUT2D eigenvalue weighted by molar-refractivity contribution is 7.93. The van der Waals surface area contributed by atoms with Crippen LogP contribution in [-0.4, -0.2) is 18.6 Å². The summed E-state index contributed by atoms with van der Waals surface area (Å²) in [5, 5.41) is 8.01. The van der Waals surface area contributed by atoms with Gasteiger partial charge in [-0.1, -0.05) is 22.9 Å². The lowest BCUT2D eigenvalue weighted by molar-refractivity contribution is 0.561. The van der Waals surface area contributed by atoms with E-state index in [1.807, 2.05) is 0 Å². The van der Waals surface area contributed by atoms with Crippen molar-refractivity contribution in [2.45, 2.75) is 18.4 Å². The lowest BCUT2D eigenvalue weighted by Gasteiger charge is -2.09. The highest BCUT2D eigenvalue weighted by Crippen LogP contribution is 2.26. The molecule has 0 radical (unpaired) electrons. The molecule has 2 aromatic rings. The Hall–Kier alpha value is -1.29. The molecule has 0 saturated heterocycles. The van der Waals surface area contributed by atoms with Crippen LogP contribution in [0.1, 0.15) is 10.6 Å². The number of nitrogens with one attached hydrogen (secondary N) is 1. The highest BCUT2D eigenvalue weighted by Gasteiger charge is 2.23. The van der Waals surface area contributed by atoms with Gasteiger partial charge in [0, 0.05) is 17.1 Å². The third kappa shape index (κ3) is 3.06. The Bertz CT molecular complexity index is 748. The molecular formula is C10H10ClFN4O2S2. The van der Waals surface area contributed by atoms with Crippen molar-refractivity contribution in [1.29, 1.82) is 0 Å². The zero-order valence-electron chi connectivity index (χ0n) is 10.2. The van der Waals surface area contributed by atoms with Gasteiger partial charge in [0.05, 0.1) is 0 Å². The fraction of sp³-hybridized carbons (Fsp3) is 0.200. The SMILES string of the molecule is Cc1nnc(NS(=O)(=O)c2cc(Cl)cc(CN)c2F)s1. The molecule has 0 aliphatic heterocycles. The van der Waals surface area contributed by atoms with Gasteiger partial charge >= 0.3 is 0 Å². The monoisotopic (exact) mass is 336 g/mol. The van der Waals surface area contributed by atoms with Gasteiger partial charge in [-0.15, -0.1) is 10.2 Å². The van der Waals surface area contributed by atoms with E-state index in [1.54, 1.807) is 6.92 Å². The Kier molecular flexibility index (Phi) is 4.23. The van der Waals surface area contributed by atoms with Gasteiger partial charge in [-0.3, -0.25) is 4.72 Å². The highest BCUT2D eigenvalue weighted by atomic mass is 35.5. The first-order chi connectivity index (χ1) is 9.33. The maximum absolute atomic E-state index is 14.1. The Morgan fingerprint density at radius 2 is 2.15 bits per heavy atom. The van der Waals surface area contributed by atoms with Crippen molar-refractivity contribution < 1.29 is 12.8 Å². The van der Waals surface area contributed by atoms with Crippen molar-refractivity contribution in [3.63, 3.8) is 0 Å². The van der Waals surface area contributed by atoms with E-state index < -0.39 is 20.7 Å². The number of sulfonamides is 1. The number of aromatic nitrogens is 2. The van der Waals surface area contributed by atoms with Gasteiger partial charge in [-0.2, -0.15) is 0 Å². The van der Waals surface area contributed by atoms with Gasteiger partial charge in [0.25, 0.3) is 10.0 Å². The number of benzene rings is 1. The molecule has 0 amide bonds. The van der Waals surface area contributed by atoms with Crippen LogP contribution in [0.4, 0.5) is 9.52 Å². The molecule has 0 unspecified atom stereocenters. The average Bonchev–Trinajstić information content (AvgIpc) is 2.76. The van der Waals surface area contributed by atoms with Crippen molar-refractivity contribution in [2.24, 2.45) is 5.73 Å². The van der Waals surface area contributed by atoms with Crippen molar-refractivity contribution in [2.75, 3.05) is 4.72 Å². The van der Waals surface area contributed by atoms with Crippen LogP contribution in [0.2, 0.25) is 5.02 Å². The molecule has 1 aromatic carbocycles. The quantitative estimate of drug-likeness (QED) is 0.888. The normalized spacial score (nSPS) is 11.6. The van der Waals surface area contributed by atoms with Gasteiger partial charge in [-0.25, -0.2) is 12.8 Å². The number of rotatable bonds is 4. The maximum Gasteiger partial charge on any atom is 0.266 e. The molecule has 0 spiro atoms. The molecule has 0 aliphatic rings. The van der Waals surface area contributed by atoms with Gasteiger partial charge in [0.2, 0.25) is 5.13 Å². The van der Waals surface area contributed by atoms with Gasteiger partial charge < -0.3 is 5.73 Å². The Morgan fingerprint density at radius 3 is 2.70 bits per heavy atom. The van der Waals surface area contributed by atoms with Crippen LogP contribution in [0.5, 0.6) is 0 Å². The molecule has 2 rings (SSSR count). The first-order valence-corrected chi connectivity index (χ1v) is 8.02. The minimum Gasteiger partial charge on any atom is -0.326 e. The van der Waals surface area contributed by atoms with E-state index in [9.17, 15) is 12.8 Å². The Labute approximate surface area is 123 Å². The second kappa shape index (κ2) is 5.60. The van der Waals surface area contributed by atoms with Crippen molar-refractivity contribution in [3.8, 4) is 0 Å². The molecular weight excluding hydrogens is 327 g/mol. The number of halogens is 2. The van der Waals surface area contributed by atoms with E-state index in [0.29, 0.717) is 5.01 Å². The predicted octanol–water partition coefficient (Wildman–Crippen LogP) is 1.90. The first kappa shape index (κ1) is 15.1. The first-order valence-electron chi connectivity index (χ1n) is 5.34. The fourth-order valence-corrected chi connectivity index (χ4v) is 3.74. The Morgan fingerprint density at radius 1 is 1.45 bits per heavy atom. The predicted molar refractivity (Wildman–Crippen MR) is 74.8 cm³/mol. The summed E-state index contributed by atoms with van der Waals surface area (Å²) in [4.78, 5) is -0.571. The summed E-state index contributed by atoms with van der Waals surface area (Å²) in [5.41, 5.74) is 5.37. The van der Waals surface area contributed by atoms with E-state index in [0.717, 1.165) is 17.4 Å². The topological polar surface area (TPSA) is 98.0 Å². The van der Waals surface area contributed by atoms with Crippen LogP contribution in [0.3, 0.4) is 0 Å². The number of nitrogens with zero attached hydrogens (tertiary/aromatic N) is 2. The van der Waals surface area contributed by atoms with E-state index in [1.165, 1.54) is 6.07 Å². The summed E-state index contributed by atoms with van der Waals surface area (Å²) in [6, 6.07) is 2.30. The molecule has 3 N–H and O–H groups in total. The summed E-state index contributed by atoms with van der Waals surface area (Å²) in [6.45, 7) is 1.51. The molecule has 1 heterocycles.